The summed E-state index contributed by atoms with van der Waals surface area (Å²) >= 11 is 0. The standard InChI is InChI=1S/C72H46N2/c1-5-21-47(22-6-1)69-61-33-17-13-29-57(61)59-31-15-19-35-63(59)71(69)73(53-25-9-3-10-26-53)55-39-37-49-43-65-66-44-50-38-40-56(42-52(50)46-68(66)67(65)45-51(49)41-55)74(54-27-11-4-12-28-54)72-64-36-20-16-32-60(64)58-30-14-18-34-62(58)70(72)48-23-7-2-8-24-48/h1-46H. The number of rotatable bonds is 8. The van der Waals surface area contributed by atoms with Crippen LogP contribution in [0.4, 0.5) is 34.1 Å². The molecule has 0 N–H and O–H groups in total. The maximum atomic E-state index is 2.49. The second kappa shape index (κ2) is 16.9. The van der Waals surface area contributed by atoms with Crippen molar-refractivity contribution < 1.29 is 0 Å². The van der Waals surface area contributed by atoms with E-state index in [-0.39, 0.29) is 0 Å². The number of benzene rings is 14. The average molecular weight is 939 g/mol. The van der Waals surface area contributed by atoms with Crippen molar-refractivity contribution in [2.45, 2.75) is 0 Å². The first kappa shape index (κ1) is 42.0. The van der Waals surface area contributed by atoms with E-state index in [1.165, 1.54) is 121 Å². The third-order valence-electron chi connectivity index (χ3n) is 15.4. The lowest BCUT2D eigenvalue weighted by Crippen LogP contribution is -2.12. The lowest BCUT2D eigenvalue weighted by Gasteiger charge is -2.31. The van der Waals surface area contributed by atoms with Crippen molar-refractivity contribution in [3.05, 3.63) is 279 Å². The first-order valence-corrected chi connectivity index (χ1v) is 25.6. The zero-order valence-electron chi connectivity index (χ0n) is 40.5. The van der Waals surface area contributed by atoms with Gasteiger partial charge in [0, 0.05) is 44.6 Å². The average Bonchev–Trinajstić information content (AvgIpc) is 3.53. The summed E-state index contributed by atoms with van der Waals surface area (Å²) in [6.45, 7) is 0. The highest BCUT2D eigenvalue weighted by molar-refractivity contribution is 6.24. The predicted molar refractivity (Wildman–Crippen MR) is 316 cm³/mol. The van der Waals surface area contributed by atoms with Gasteiger partial charge in [-0.15, -0.1) is 0 Å². The lowest BCUT2D eigenvalue weighted by atomic mass is 9.78. The maximum Gasteiger partial charge on any atom is 0.0624 e. The van der Waals surface area contributed by atoms with Crippen LogP contribution in [0.5, 0.6) is 0 Å². The lowest BCUT2D eigenvalue weighted by molar-refractivity contribution is 1.31. The van der Waals surface area contributed by atoms with E-state index in [2.05, 4.69) is 289 Å². The van der Waals surface area contributed by atoms with Crippen molar-refractivity contribution in [2.75, 3.05) is 9.80 Å². The van der Waals surface area contributed by atoms with E-state index >= 15 is 0 Å². The predicted octanol–water partition coefficient (Wildman–Crippen LogP) is 20.5. The van der Waals surface area contributed by atoms with Gasteiger partial charge >= 0.3 is 0 Å². The van der Waals surface area contributed by atoms with Crippen molar-refractivity contribution in [3.8, 4) is 44.5 Å². The molecule has 14 aromatic rings. The molecular formula is C72H46N2. The van der Waals surface area contributed by atoms with Gasteiger partial charge in [-0.3, -0.25) is 0 Å². The maximum absolute atomic E-state index is 2.49. The third kappa shape index (κ3) is 6.59. The fourth-order valence-electron chi connectivity index (χ4n) is 12.1. The van der Waals surface area contributed by atoms with Gasteiger partial charge < -0.3 is 9.80 Å². The van der Waals surface area contributed by atoms with E-state index in [1.54, 1.807) is 0 Å². The molecule has 0 bridgehead atoms. The van der Waals surface area contributed by atoms with Crippen molar-refractivity contribution in [3.63, 3.8) is 0 Å². The minimum atomic E-state index is 1.11. The number of fused-ring (bicyclic) bond motifs is 12. The van der Waals surface area contributed by atoms with Crippen LogP contribution in [0.25, 0.3) is 109 Å². The Morgan fingerprint density at radius 1 is 0.189 bits per heavy atom. The quantitative estimate of drug-likeness (QED) is 0.140. The Bertz CT molecular complexity index is 4230. The topological polar surface area (TPSA) is 6.48 Å². The normalized spacial score (nSPS) is 11.8. The van der Waals surface area contributed by atoms with Crippen LogP contribution < -0.4 is 9.80 Å². The summed E-state index contributed by atoms with van der Waals surface area (Å²) in [6.07, 6.45) is 0. The molecule has 0 radical (unpaired) electrons. The van der Waals surface area contributed by atoms with Gasteiger partial charge in [0.25, 0.3) is 0 Å². The van der Waals surface area contributed by atoms with Gasteiger partial charge in [-0.25, -0.2) is 0 Å². The van der Waals surface area contributed by atoms with E-state index in [4.69, 9.17) is 0 Å². The molecular weight excluding hydrogens is 893 g/mol. The molecule has 0 amide bonds. The summed E-state index contributed by atoms with van der Waals surface area (Å²) in [6, 6.07) is 103. The Morgan fingerprint density at radius 3 is 0.838 bits per heavy atom. The Balaban J connectivity index is 0.901. The zero-order valence-corrected chi connectivity index (χ0v) is 40.5. The fourth-order valence-corrected chi connectivity index (χ4v) is 12.1. The van der Waals surface area contributed by atoms with Crippen LogP contribution in [-0.4, -0.2) is 0 Å². The summed E-state index contributed by atoms with van der Waals surface area (Å²) in [7, 11) is 0. The second-order valence-electron chi connectivity index (χ2n) is 19.6. The van der Waals surface area contributed by atoms with Crippen molar-refractivity contribution >= 4 is 98.8 Å². The Morgan fingerprint density at radius 2 is 0.473 bits per heavy atom. The molecule has 0 spiro atoms. The molecule has 344 valence electrons. The Labute approximate surface area is 429 Å². The summed E-state index contributed by atoms with van der Waals surface area (Å²) in [5.74, 6) is 0. The van der Waals surface area contributed by atoms with Crippen LogP contribution >= 0.6 is 0 Å². The highest BCUT2D eigenvalue weighted by Crippen LogP contribution is 2.54. The van der Waals surface area contributed by atoms with Crippen molar-refractivity contribution in [2.24, 2.45) is 0 Å². The molecule has 1 aliphatic carbocycles. The molecule has 0 atom stereocenters. The molecule has 14 aromatic carbocycles. The van der Waals surface area contributed by atoms with Gasteiger partial charge in [0.1, 0.15) is 0 Å². The minimum absolute atomic E-state index is 1.11. The molecule has 2 heteroatoms. The monoisotopic (exact) mass is 938 g/mol. The number of hydrogen-bond acceptors (Lipinski definition) is 2. The minimum Gasteiger partial charge on any atom is -0.309 e. The van der Waals surface area contributed by atoms with Gasteiger partial charge in [-0.05, 0) is 160 Å². The van der Waals surface area contributed by atoms with E-state index < -0.39 is 0 Å². The van der Waals surface area contributed by atoms with Gasteiger partial charge in [-0.1, -0.05) is 206 Å². The molecule has 1 aliphatic rings. The molecule has 0 saturated carbocycles. The van der Waals surface area contributed by atoms with Crippen LogP contribution in [-0.2, 0) is 0 Å². The smallest absolute Gasteiger partial charge is 0.0624 e. The SMILES string of the molecule is c1ccc(-c2c(N(c3ccccc3)c3ccc4cc5c(cc4c3)-c3cc4cc(N(c6ccccc6)c6c(-c7ccccc7)c7ccccc7c7ccccc67)ccc4cc3-5)c3ccccc3c3ccccc23)cc1. The molecule has 0 aromatic heterocycles. The number of para-hydroxylation sites is 2. The molecule has 0 unspecified atom stereocenters. The number of hydrogen-bond donors (Lipinski definition) is 0. The Kier molecular flexibility index (Phi) is 9.61. The third-order valence-corrected chi connectivity index (χ3v) is 15.4. The van der Waals surface area contributed by atoms with Crippen molar-refractivity contribution in [1.29, 1.82) is 0 Å². The molecule has 0 fully saturated rings. The van der Waals surface area contributed by atoms with Crippen molar-refractivity contribution in [1.82, 2.24) is 0 Å². The fraction of sp³-hybridized carbons (Fsp3) is 0. The first-order valence-electron chi connectivity index (χ1n) is 25.6. The van der Waals surface area contributed by atoms with E-state index in [9.17, 15) is 0 Å². The van der Waals surface area contributed by atoms with Gasteiger partial charge in [0.05, 0.1) is 11.4 Å². The molecule has 15 rings (SSSR count). The largest absolute Gasteiger partial charge is 0.309 e. The number of nitrogens with zero attached hydrogens (tertiary/aromatic N) is 2. The molecule has 0 heterocycles. The van der Waals surface area contributed by atoms with Gasteiger partial charge in [0.15, 0.2) is 0 Å². The molecule has 0 saturated heterocycles. The van der Waals surface area contributed by atoms with Crippen LogP contribution in [0.15, 0.2) is 279 Å². The molecule has 0 aliphatic heterocycles. The number of anilines is 6. The van der Waals surface area contributed by atoms with Gasteiger partial charge in [-0.2, -0.15) is 0 Å². The van der Waals surface area contributed by atoms with E-state index in [0.29, 0.717) is 0 Å². The Hall–Kier alpha value is -9.76. The molecule has 74 heavy (non-hydrogen) atoms. The van der Waals surface area contributed by atoms with Crippen LogP contribution in [0, 0.1) is 0 Å². The van der Waals surface area contributed by atoms with Crippen LogP contribution in [0.1, 0.15) is 0 Å². The highest BCUT2D eigenvalue weighted by atomic mass is 15.2. The van der Waals surface area contributed by atoms with Crippen LogP contribution in [0.2, 0.25) is 0 Å². The zero-order chi connectivity index (χ0) is 48.7. The van der Waals surface area contributed by atoms with E-state index in [1.807, 2.05) is 0 Å². The summed E-state index contributed by atoms with van der Waals surface area (Å²) < 4.78 is 0. The summed E-state index contributed by atoms with van der Waals surface area (Å²) in [5.41, 5.74) is 16.8. The summed E-state index contributed by atoms with van der Waals surface area (Å²) in [5, 5.41) is 14.7. The summed E-state index contributed by atoms with van der Waals surface area (Å²) in [4.78, 5) is 4.97. The van der Waals surface area contributed by atoms with Gasteiger partial charge in [0.2, 0.25) is 0 Å². The van der Waals surface area contributed by atoms with Crippen LogP contribution in [0.3, 0.4) is 0 Å². The first-order chi connectivity index (χ1) is 36.7. The second-order valence-corrected chi connectivity index (χ2v) is 19.6. The van der Waals surface area contributed by atoms with E-state index in [0.717, 1.165) is 22.7 Å². The molecule has 2 nitrogen and oxygen atoms in total. The highest BCUT2D eigenvalue weighted by Gasteiger charge is 2.28.